The third-order valence-electron chi connectivity index (χ3n) is 4.12. The van der Waals surface area contributed by atoms with Crippen molar-refractivity contribution in [3.63, 3.8) is 0 Å². The Bertz CT molecular complexity index is 1060. The molecule has 1 heterocycles. The number of nitrogens with one attached hydrogen (secondary N) is 1. The van der Waals surface area contributed by atoms with Crippen LogP contribution in [0.25, 0.3) is 21.9 Å². The third-order valence-corrected chi connectivity index (χ3v) is 4.12. The number of hydrogen-bond donors (Lipinski definition) is 1. The largest absolute Gasteiger partial charge is 0.290 e. The van der Waals surface area contributed by atoms with Crippen LogP contribution in [0.3, 0.4) is 0 Å². The molecule has 1 aliphatic rings. The van der Waals surface area contributed by atoms with Gasteiger partial charge in [-0.2, -0.15) is 0 Å². The summed E-state index contributed by atoms with van der Waals surface area (Å²) < 4.78 is 0. The standard InChI is InChI=1S/C18H10N2O4/c21-17-14-8-7-13(16(20(23)24)15(14)18(22)19-17)12-6-5-10-3-1-2-4-11(10)9-12/h1-9H,(H,19,21,22). The zero-order valence-electron chi connectivity index (χ0n) is 12.3. The van der Waals surface area contributed by atoms with Gasteiger partial charge in [0.15, 0.2) is 0 Å². The maximum Gasteiger partial charge on any atom is 0.290 e. The molecule has 116 valence electrons. The average Bonchev–Trinajstić information content (AvgIpc) is 2.88. The fraction of sp³-hybridized carbons (Fsp3) is 0. The fourth-order valence-electron chi connectivity index (χ4n) is 3.02. The number of carbonyl (C=O) groups excluding carboxylic acids is 2. The average molecular weight is 318 g/mol. The molecule has 24 heavy (non-hydrogen) atoms. The van der Waals surface area contributed by atoms with E-state index in [0.29, 0.717) is 11.1 Å². The molecular weight excluding hydrogens is 308 g/mol. The molecule has 0 saturated heterocycles. The molecule has 3 aromatic carbocycles. The number of nitrogens with zero attached hydrogens (tertiary/aromatic N) is 1. The van der Waals surface area contributed by atoms with Gasteiger partial charge in [0.1, 0.15) is 5.56 Å². The Morgan fingerprint density at radius 2 is 1.54 bits per heavy atom. The quantitative estimate of drug-likeness (QED) is 0.446. The number of benzene rings is 3. The van der Waals surface area contributed by atoms with Gasteiger partial charge in [-0.15, -0.1) is 0 Å². The van der Waals surface area contributed by atoms with Crippen molar-refractivity contribution in [3.05, 3.63) is 75.8 Å². The van der Waals surface area contributed by atoms with Crippen LogP contribution in [0.2, 0.25) is 0 Å². The number of imide groups is 1. The van der Waals surface area contributed by atoms with Crippen LogP contribution in [0.5, 0.6) is 0 Å². The first-order valence-electron chi connectivity index (χ1n) is 7.22. The zero-order valence-corrected chi connectivity index (χ0v) is 12.3. The summed E-state index contributed by atoms with van der Waals surface area (Å²) in [5, 5.41) is 15.6. The molecule has 1 aliphatic heterocycles. The predicted molar refractivity (Wildman–Crippen MR) is 87.8 cm³/mol. The predicted octanol–water partition coefficient (Wildman–Crippen LogP) is 3.30. The Balaban J connectivity index is 2.01. The van der Waals surface area contributed by atoms with E-state index < -0.39 is 16.7 Å². The molecule has 0 unspecified atom stereocenters. The highest BCUT2D eigenvalue weighted by Gasteiger charge is 2.36. The summed E-state index contributed by atoms with van der Waals surface area (Å²) in [5.74, 6) is -1.34. The van der Waals surface area contributed by atoms with Crippen LogP contribution in [-0.4, -0.2) is 16.7 Å². The number of nitro groups is 1. The van der Waals surface area contributed by atoms with E-state index in [0.717, 1.165) is 10.8 Å². The summed E-state index contributed by atoms with van der Waals surface area (Å²) in [6.45, 7) is 0. The second kappa shape index (κ2) is 4.99. The van der Waals surface area contributed by atoms with E-state index in [-0.39, 0.29) is 16.8 Å². The van der Waals surface area contributed by atoms with Crippen molar-refractivity contribution in [2.24, 2.45) is 0 Å². The summed E-state index contributed by atoms with van der Waals surface area (Å²) in [4.78, 5) is 34.7. The molecule has 0 saturated carbocycles. The van der Waals surface area contributed by atoms with Gasteiger partial charge in [-0.3, -0.25) is 25.0 Å². The smallest absolute Gasteiger partial charge is 0.288 e. The Labute approximate surface area is 135 Å². The lowest BCUT2D eigenvalue weighted by molar-refractivity contribution is -0.384. The first-order chi connectivity index (χ1) is 11.6. The van der Waals surface area contributed by atoms with E-state index in [4.69, 9.17) is 0 Å². The van der Waals surface area contributed by atoms with E-state index >= 15 is 0 Å². The van der Waals surface area contributed by atoms with Crippen LogP contribution >= 0.6 is 0 Å². The van der Waals surface area contributed by atoms with Gasteiger partial charge < -0.3 is 0 Å². The molecule has 0 fully saturated rings. The molecule has 3 aromatic rings. The van der Waals surface area contributed by atoms with E-state index in [9.17, 15) is 19.7 Å². The van der Waals surface area contributed by atoms with Gasteiger partial charge >= 0.3 is 0 Å². The molecule has 6 heteroatoms. The summed E-state index contributed by atoms with van der Waals surface area (Å²) in [6, 6.07) is 16.1. The summed E-state index contributed by atoms with van der Waals surface area (Å²) in [7, 11) is 0. The van der Waals surface area contributed by atoms with Crippen LogP contribution in [0, 0.1) is 10.1 Å². The molecule has 0 spiro atoms. The van der Waals surface area contributed by atoms with Crippen molar-refractivity contribution in [1.29, 1.82) is 0 Å². The van der Waals surface area contributed by atoms with Gasteiger partial charge in [0, 0.05) is 0 Å². The highest BCUT2D eigenvalue weighted by Crippen LogP contribution is 2.37. The van der Waals surface area contributed by atoms with Gasteiger partial charge in [-0.25, -0.2) is 0 Å². The molecule has 0 radical (unpaired) electrons. The van der Waals surface area contributed by atoms with Crippen molar-refractivity contribution >= 4 is 28.3 Å². The van der Waals surface area contributed by atoms with Crippen LogP contribution in [-0.2, 0) is 0 Å². The van der Waals surface area contributed by atoms with Gasteiger partial charge in [-0.1, -0.05) is 36.4 Å². The Morgan fingerprint density at radius 1 is 0.833 bits per heavy atom. The molecule has 4 rings (SSSR count). The van der Waals surface area contributed by atoms with Gasteiger partial charge in [0.05, 0.1) is 16.1 Å². The maximum atomic E-state index is 12.0. The van der Waals surface area contributed by atoms with Crippen LogP contribution in [0.1, 0.15) is 20.7 Å². The first kappa shape index (κ1) is 14.1. The van der Waals surface area contributed by atoms with Crippen molar-refractivity contribution in [1.82, 2.24) is 5.32 Å². The monoisotopic (exact) mass is 318 g/mol. The molecule has 0 bridgehead atoms. The lowest BCUT2D eigenvalue weighted by atomic mass is 9.95. The lowest BCUT2D eigenvalue weighted by Crippen LogP contribution is -2.20. The number of hydrogen-bond acceptors (Lipinski definition) is 4. The number of fused-ring (bicyclic) bond motifs is 2. The van der Waals surface area contributed by atoms with Gasteiger partial charge in [0.2, 0.25) is 0 Å². The fourth-order valence-corrected chi connectivity index (χ4v) is 3.02. The zero-order chi connectivity index (χ0) is 16.8. The molecule has 0 aliphatic carbocycles. The lowest BCUT2D eigenvalue weighted by Gasteiger charge is -2.07. The highest BCUT2D eigenvalue weighted by molar-refractivity contribution is 6.24. The van der Waals surface area contributed by atoms with Crippen molar-refractivity contribution < 1.29 is 14.5 Å². The topological polar surface area (TPSA) is 89.3 Å². The molecule has 6 nitrogen and oxygen atoms in total. The molecule has 0 atom stereocenters. The minimum atomic E-state index is -0.732. The Hall–Kier alpha value is -3.54. The molecule has 1 N–H and O–H groups in total. The van der Waals surface area contributed by atoms with Crippen molar-refractivity contribution in [3.8, 4) is 11.1 Å². The number of rotatable bonds is 2. The van der Waals surface area contributed by atoms with Gasteiger partial charge in [0.25, 0.3) is 17.5 Å². The number of nitro benzene ring substituents is 1. The van der Waals surface area contributed by atoms with E-state index in [1.165, 1.54) is 12.1 Å². The van der Waals surface area contributed by atoms with E-state index in [1.807, 2.05) is 36.4 Å². The van der Waals surface area contributed by atoms with Crippen molar-refractivity contribution in [2.75, 3.05) is 0 Å². The summed E-state index contributed by atoms with van der Waals surface area (Å²) in [5.41, 5.74) is 0.461. The minimum Gasteiger partial charge on any atom is -0.288 e. The first-order valence-corrected chi connectivity index (χ1v) is 7.22. The second-order valence-electron chi connectivity index (χ2n) is 5.49. The third kappa shape index (κ3) is 1.97. The maximum absolute atomic E-state index is 12.0. The number of amides is 2. The highest BCUT2D eigenvalue weighted by atomic mass is 16.6. The Kier molecular flexibility index (Phi) is 2.93. The molecular formula is C18H10N2O4. The van der Waals surface area contributed by atoms with Crippen molar-refractivity contribution in [2.45, 2.75) is 0 Å². The normalized spacial score (nSPS) is 13.0. The SMILES string of the molecule is O=C1NC(=O)c2c1ccc(-c1ccc3ccccc3c1)c2[N+](=O)[O-]. The Morgan fingerprint density at radius 3 is 2.29 bits per heavy atom. The van der Waals surface area contributed by atoms with E-state index in [1.54, 1.807) is 6.07 Å². The van der Waals surface area contributed by atoms with Crippen LogP contribution in [0.4, 0.5) is 5.69 Å². The van der Waals surface area contributed by atoms with Crippen LogP contribution in [0.15, 0.2) is 54.6 Å². The van der Waals surface area contributed by atoms with Gasteiger partial charge in [-0.05, 0) is 34.5 Å². The molecule has 0 aromatic heterocycles. The second-order valence-corrected chi connectivity index (χ2v) is 5.49. The summed E-state index contributed by atoms with van der Waals surface area (Å²) in [6.07, 6.45) is 0. The molecule has 2 amide bonds. The summed E-state index contributed by atoms with van der Waals surface area (Å²) >= 11 is 0. The van der Waals surface area contributed by atoms with Crippen LogP contribution < -0.4 is 5.32 Å². The minimum absolute atomic E-state index is 0.0382. The number of carbonyl (C=O) groups is 2. The van der Waals surface area contributed by atoms with E-state index in [2.05, 4.69) is 5.32 Å².